The fraction of sp³-hybridized carbons (Fsp3) is 0.632. The van der Waals surface area contributed by atoms with Gasteiger partial charge in [0.15, 0.2) is 0 Å². The molecule has 1 amide bonds. The van der Waals surface area contributed by atoms with Gasteiger partial charge in [0.2, 0.25) is 11.8 Å². The smallest absolute Gasteiger partial charge is 0.228 e. The van der Waals surface area contributed by atoms with E-state index in [2.05, 4.69) is 32.8 Å². The van der Waals surface area contributed by atoms with Gasteiger partial charge in [0.25, 0.3) is 0 Å². The number of ether oxygens (including phenoxy) is 1. The summed E-state index contributed by atoms with van der Waals surface area (Å²) in [5.74, 6) is 0.863. The maximum atomic E-state index is 12.1. The Hall–Kier alpha value is -1.63. The lowest BCUT2D eigenvalue weighted by Gasteiger charge is -2.33. The van der Waals surface area contributed by atoms with Crippen molar-refractivity contribution in [3.8, 4) is 5.88 Å². The molecule has 26 heavy (non-hydrogen) atoms. The van der Waals surface area contributed by atoms with Crippen LogP contribution < -0.4 is 4.74 Å². The van der Waals surface area contributed by atoms with Crippen LogP contribution in [0.5, 0.6) is 5.88 Å². The van der Waals surface area contributed by atoms with E-state index in [-0.39, 0.29) is 17.9 Å². The van der Waals surface area contributed by atoms with E-state index in [4.69, 9.17) is 4.74 Å². The molecule has 1 aromatic heterocycles. The van der Waals surface area contributed by atoms with E-state index in [0.29, 0.717) is 5.88 Å². The highest BCUT2D eigenvalue weighted by atomic mass is 79.9. The third-order valence-corrected chi connectivity index (χ3v) is 5.09. The lowest BCUT2D eigenvalue weighted by atomic mass is 10.1. The highest BCUT2D eigenvalue weighted by Gasteiger charge is 2.26. The topological polar surface area (TPSA) is 58.0 Å². The van der Waals surface area contributed by atoms with E-state index >= 15 is 0 Å². The molecule has 7 heteroatoms. The van der Waals surface area contributed by atoms with E-state index < -0.39 is 0 Å². The molecule has 0 radical (unpaired) electrons. The van der Waals surface area contributed by atoms with E-state index in [9.17, 15) is 4.79 Å². The summed E-state index contributed by atoms with van der Waals surface area (Å²) < 4.78 is 6.90. The Balaban J connectivity index is 1.99. The Morgan fingerprint density at radius 3 is 2.73 bits per heavy atom. The molecule has 2 rings (SSSR count). The molecule has 1 aliphatic rings. The molecule has 0 saturated carbocycles. The monoisotopic (exact) mass is 424 g/mol. The van der Waals surface area contributed by atoms with Crippen molar-refractivity contribution >= 4 is 33.9 Å². The second-order valence-electron chi connectivity index (χ2n) is 6.99. The summed E-state index contributed by atoms with van der Waals surface area (Å²) in [6, 6.07) is 1.94. The van der Waals surface area contributed by atoms with Crippen LogP contribution in [0.2, 0.25) is 0 Å². The first-order valence-electron chi connectivity index (χ1n) is 9.18. The van der Waals surface area contributed by atoms with Crippen molar-refractivity contribution in [1.82, 2.24) is 14.8 Å². The lowest BCUT2D eigenvalue weighted by Crippen LogP contribution is -2.43. The molecule has 0 aromatic carbocycles. The van der Waals surface area contributed by atoms with Gasteiger partial charge >= 0.3 is 0 Å². The van der Waals surface area contributed by atoms with Crippen molar-refractivity contribution < 1.29 is 9.53 Å². The highest BCUT2D eigenvalue weighted by molar-refractivity contribution is 9.10. The van der Waals surface area contributed by atoms with Gasteiger partial charge in [-0.25, -0.2) is 9.98 Å². The number of piperidine rings is 1. The number of carbonyl (C=O) groups excluding carboxylic acids is 1. The minimum Gasteiger partial charge on any atom is -0.473 e. The number of hydrogen-bond acceptors (Lipinski definition) is 4. The number of hydrogen-bond donors (Lipinski definition) is 0. The molecule has 1 aliphatic heterocycles. The molecule has 2 heterocycles. The first-order valence-corrected chi connectivity index (χ1v) is 9.98. The van der Waals surface area contributed by atoms with Crippen LogP contribution in [-0.4, -0.2) is 59.8 Å². The van der Waals surface area contributed by atoms with Gasteiger partial charge in [0.05, 0.1) is 22.2 Å². The molecule has 1 aromatic rings. The number of aliphatic imine (C=N–C) groups is 1. The van der Waals surface area contributed by atoms with E-state index in [1.54, 1.807) is 6.34 Å². The predicted molar refractivity (Wildman–Crippen MR) is 108 cm³/mol. The number of aromatic nitrogens is 1. The van der Waals surface area contributed by atoms with Crippen LogP contribution in [0.15, 0.2) is 15.5 Å². The van der Waals surface area contributed by atoms with Crippen LogP contribution in [0, 0.1) is 12.8 Å². The first-order chi connectivity index (χ1) is 12.3. The maximum absolute atomic E-state index is 12.1. The molecule has 0 spiro atoms. The number of rotatable bonds is 6. The van der Waals surface area contributed by atoms with Gasteiger partial charge in [-0.05, 0) is 35.8 Å². The zero-order valence-electron chi connectivity index (χ0n) is 16.3. The fourth-order valence-corrected chi connectivity index (χ4v) is 3.12. The molecular formula is C19H29BrN4O2. The molecule has 0 N–H and O–H groups in total. The first kappa shape index (κ1) is 20.7. The number of nitrogens with zero attached hydrogens (tertiary/aromatic N) is 4. The summed E-state index contributed by atoms with van der Waals surface area (Å²) in [6.45, 7) is 10.3. The number of aryl methyl sites for hydroxylation is 1. The Morgan fingerprint density at radius 2 is 2.15 bits per heavy atom. The number of amides is 1. The maximum Gasteiger partial charge on any atom is 0.228 e. The van der Waals surface area contributed by atoms with E-state index in [1.807, 2.05) is 43.7 Å². The van der Waals surface area contributed by atoms with Gasteiger partial charge in [-0.1, -0.05) is 13.8 Å². The van der Waals surface area contributed by atoms with Crippen molar-refractivity contribution in [2.45, 2.75) is 46.6 Å². The average molecular weight is 425 g/mol. The quantitative estimate of drug-likeness (QED) is 0.514. The summed E-state index contributed by atoms with van der Waals surface area (Å²) in [5, 5.41) is 0. The molecule has 1 fully saturated rings. The molecule has 0 aliphatic carbocycles. The van der Waals surface area contributed by atoms with Crippen molar-refractivity contribution in [1.29, 1.82) is 0 Å². The van der Waals surface area contributed by atoms with Crippen LogP contribution in [0.25, 0.3) is 0 Å². The van der Waals surface area contributed by atoms with Crippen molar-refractivity contribution in [2.75, 3.05) is 26.7 Å². The highest BCUT2D eigenvalue weighted by Crippen LogP contribution is 2.31. The SMILES string of the molecule is CCN(C)C=Nc1cc(Br)c(OC2CCN(C(=O)C(C)C)CC2)nc1C. The Kier molecular flexibility index (Phi) is 7.43. The van der Waals surface area contributed by atoms with Gasteiger partial charge < -0.3 is 14.5 Å². The predicted octanol–water partition coefficient (Wildman–Crippen LogP) is 3.79. The third kappa shape index (κ3) is 5.43. The zero-order chi connectivity index (χ0) is 19.3. The summed E-state index contributed by atoms with van der Waals surface area (Å²) in [7, 11) is 1.98. The van der Waals surface area contributed by atoms with Gasteiger partial charge in [0, 0.05) is 45.4 Å². The summed E-state index contributed by atoms with van der Waals surface area (Å²) in [4.78, 5) is 25.1. The van der Waals surface area contributed by atoms with Crippen molar-refractivity contribution in [3.63, 3.8) is 0 Å². The zero-order valence-corrected chi connectivity index (χ0v) is 17.9. The summed E-state index contributed by atoms with van der Waals surface area (Å²) in [6.07, 6.45) is 3.54. The number of halogens is 1. The second-order valence-corrected chi connectivity index (χ2v) is 7.85. The molecular weight excluding hydrogens is 396 g/mol. The van der Waals surface area contributed by atoms with Crippen LogP contribution >= 0.6 is 15.9 Å². The van der Waals surface area contributed by atoms with Gasteiger partial charge in [-0.3, -0.25) is 4.79 Å². The molecule has 1 saturated heterocycles. The number of carbonyl (C=O) groups is 1. The van der Waals surface area contributed by atoms with Gasteiger partial charge in [0.1, 0.15) is 6.10 Å². The standard InChI is InChI=1S/C19H29BrN4O2/c1-6-23(5)12-21-17-11-16(20)18(22-14(17)4)26-15-7-9-24(10-8-15)19(25)13(2)3/h11-13,15H,6-10H2,1-5H3. The van der Waals surface area contributed by atoms with Crippen molar-refractivity contribution in [3.05, 3.63) is 16.2 Å². The molecule has 144 valence electrons. The third-order valence-electron chi connectivity index (χ3n) is 4.53. The molecule has 0 atom stereocenters. The van der Waals surface area contributed by atoms with Gasteiger partial charge in [-0.2, -0.15) is 0 Å². The number of likely N-dealkylation sites (tertiary alicyclic amines) is 1. The van der Waals surface area contributed by atoms with Crippen LogP contribution in [0.4, 0.5) is 5.69 Å². The minimum absolute atomic E-state index is 0.0470. The summed E-state index contributed by atoms with van der Waals surface area (Å²) >= 11 is 3.55. The largest absolute Gasteiger partial charge is 0.473 e. The average Bonchev–Trinajstić information content (AvgIpc) is 2.62. The van der Waals surface area contributed by atoms with Crippen LogP contribution in [0.1, 0.15) is 39.3 Å². The normalized spacial score (nSPS) is 15.7. The summed E-state index contributed by atoms with van der Waals surface area (Å²) in [5.41, 5.74) is 1.65. The van der Waals surface area contributed by atoms with E-state index in [1.165, 1.54) is 0 Å². The molecule has 0 bridgehead atoms. The second kappa shape index (κ2) is 9.35. The van der Waals surface area contributed by atoms with Crippen LogP contribution in [-0.2, 0) is 4.79 Å². The fourth-order valence-electron chi connectivity index (χ4n) is 2.72. The van der Waals surface area contributed by atoms with E-state index in [0.717, 1.165) is 48.3 Å². The van der Waals surface area contributed by atoms with Gasteiger partial charge in [-0.15, -0.1) is 0 Å². The lowest BCUT2D eigenvalue weighted by molar-refractivity contribution is -0.136. The molecule has 0 unspecified atom stereocenters. The molecule has 6 nitrogen and oxygen atoms in total. The minimum atomic E-state index is 0.0470. The number of pyridine rings is 1. The van der Waals surface area contributed by atoms with Crippen LogP contribution in [0.3, 0.4) is 0 Å². The Labute approximate surface area is 164 Å². The Morgan fingerprint density at radius 1 is 1.50 bits per heavy atom. The van der Waals surface area contributed by atoms with Crippen molar-refractivity contribution in [2.24, 2.45) is 10.9 Å². The Bertz CT molecular complexity index is 655.